The van der Waals surface area contributed by atoms with Gasteiger partial charge in [0.15, 0.2) is 0 Å². The van der Waals surface area contributed by atoms with Gasteiger partial charge in [0, 0.05) is 24.5 Å². The van der Waals surface area contributed by atoms with E-state index in [0.29, 0.717) is 18.8 Å². The minimum Gasteiger partial charge on any atom is -0.369 e. The third kappa shape index (κ3) is 4.32. The van der Waals surface area contributed by atoms with Crippen molar-refractivity contribution in [1.82, 2.24) is 9.62 Å². The van der Waals surface area contributed by atoms with Gasteiger partial charge in [-0.25, -0.2) is 0 Å². The first kappa shape index (κ1) is 25.1. The first-order valence-corrected chi connectivity index (χ1v) is 14.4. The molecule has 4 saturated carbocycles. The number of halogens is 2. The van der Waals surface area contributed by atoms with Gasteiger partial charge in [0.25, 0.3) is 0 Å². The normalized spacial score (nSPS) is 35.8. The zero-order valence-corrected chi connectivity index (χ0v) is 22.3. The van der Waals surface area contributed by atoms with Crippen molar-refractivity contribution in [3.8, 4) is 0 Å². The molecule has 1 saturated heterocycles. The van der Waals surface area contributed by atoms with Gasteiger partial charge in [0.05, 0.1) is 22.3 Å². The van der Waals surface area contributed by atoms with E-state index in [0.717, 1.165) is 24.8 Å². The SMILES string of the molecule is Cc1cc(Cl)c(N2C[C@H](C)CN(CC(=O)N[C@H]3C4CC5CC3C[C@](C(N)=O)(C5)C4)S2(=O)=O)c(Cl)c1. The second-order valence-corrected chi connectivity index (χ2v) is 13.9. The van der Waals surface area contributed by atoms with E-state index in [4.69, 9.17) is 28.9 Å². The summed E-state index contributed by atoms with van der Waals surface area (Å²) in [6.45, 7) is 3.96. The van der Waals surface area contributed by atoms with E-state index in [1.807, 2.05) is 13.8 Å². The van der Waals surface area contributed by atoms with Crippen LogP contribution in [0, 0.1) is 36.0 Å². The Bertz CT molecular complexity index is 1140. The molecule has 3 N–H and O–H groups in total. The van der Waals surface area contributed by atoms with Crippen LogP contribution in [0.4, 0.5) is 5.69 Å². The van der Waals surface area contributed by atoms with Crippen LogP contribution in [0.25, 0.3) is 0 Å². The molecule has 192 valence electrons. The van der Waals surface area contributed by atoms with Gasteiger partial charge < -0.3 is 11.1 Å². The summed E-state index contributed by atoms with van der Waals surface area (Å²) in [4.78, 5) is 25.4. The van der Waals surface area contributed by atoms with E-state index in [9.17, 15) is 18.0 Å². The Morgan fingerprint density at radius 2 is 1.71 bits per heavy atom. The van der Waals surface area contributed by atoms with Crippen LogP contribution in [0.2, 0.25) is 10.0 Å². The standard InChI is InChI=1S/C24H32Cl2N4O4S/c1-13-3-18(25)22(19(26)4-13)30-11-14(2)10-29(35(30,33)34)12-20(31)28-21-16-5-15-6-17(21)9-24(7-15,8-16)23(27)32/h3-4,14-17,21H,5-12H2,1-2H3,(H2,27,32)(H,28,31)/t14-,15?,16?,17?,21-,24-/m1/s1. The van der Waals surface area contributed by atoms with Crippen molar-refractivity contribution in [3.05, 3.63) is 27.7 Å². The molecule has 0 spiro atoms. The number of hydrogen-bond donors (Lipinski definition) is 2. The number of nitrogens with two attached hydrogens (primary N) is 1. The highest BCUT2D eigenvalue weighted by Gasteiger charge is 2.58. The van der Waals surface area contributed by atoms with Crippen molar-refractivity contribution in [3.63, 3.8) is 0 Å². The van der Waals surface area contributed by atoms with E-state index in [1.165, 1.54) is 8.61 Å². The van der Waals surface area contributed by atoms with Gasteiger partial charge in [0.2, 0.25) is 11.8 Å². The number of amides is 2. The number of carbonyl (C=O) groups excluding carboxylic acids is 2. The quantitative estimate of drug-likeness (QED) is 0.594. The molecule has 0 radical (unpaired) electrons. The summed E-state index contributed by atoms with van der Waals surface area (Å²) in [6.07, 6.45) is 4.23. The number of nitrogens with one attached hydrogen (secondary N) is 1. The van der Waals surface area contributed by atoms with Crippen LogP contribution < -0.4 is 15.4 Å². The topological polar surface area (TPSA) is 113 Å². The molecule has 5 aliphatic rings. The van der Waals surface area contributed by atoms with Gasteiger partial charge in [-0.3, -0.25) is 13.9 Å². The number of carbonyl (C=O) groups is 2. The molecule has 1 aromatic rings. The third-order valence-corrected chi connectivity index (χ3v) is 10.8. The Labute approximate surface area is 216 Å². The lowest BCUT2D eigenvalue weighted by atomic mass is 9.47. The molecule has 5 fully saturated rings. The summed E-state index contributed by atoms with van der Waals surface area (Å²) < 4.78 is 29.5. The van der Waals surface area contributed by atoms with Crippen LogP contribution in [0.1, 0.15) is 44.6 Å². The molecule has 35 heavy (non-hydrogen) atoms. The molecule has 2 unspecified atom stereocenters. The Morgan fingerprint density at radius 1 is 1.11 bits per heavy atom. The molecule has 1 aliphatic heterocycles. The van der Waals surface area contributed by atoms with Gasteiger partial charge in [0.1, 0.15) is 0 Å². The molecule has 11 heteroatoms. The van der Waals surface area contributed by atoms with Crippen molar-refractivity contribution in [2.75, 3.05) is 23.9 Å². The number of benzene rings is 1. The highest BCUT2D eigenvalue weighted by atomic mass is 35.5. The summed E-state index contributed by atoms with van der Waals surface area (Å²) in [5, 5.41) is 3.65. The number of aryl methyl sites for hydroxylation is 1. The third-order valence-electron chi connectivity index (χ3n) is 8.45. The van der Waals surface area contributed by atoms with Crippen LogP contribution in [0.15, 0.2) is 12.1 Å². The van der Waals surface area contributed by atoms with Gasteiger partial charge in [-0.15, -0.1) is 0 Å². The monoisotopic (exact) mass is 542 g/mol. The van der Waals surface area contributed by atoms with Crippen molar-refractivity contribution >= 4 is 50.9 Å². The summed E-state index contributed by atoms with van der Waals surface area (Å²) in [5.41, 5.74) is 6.41. The summed E-state index contributed by atoms with van der Waals surface area (Å²) in [5.74, 6) is 0.316. The van der Waals surface area contributed by atoms with Crippen LogP contribution in [-0.2, 0) is 19.8 Å². The van der Waals surface area contributed by atoms with Gasteiger partial charge in [-0.2, -0.15) is 12.7 Å². The average Bonchev–Trinajstić information content (AvgIpc) is 2.73. The van der Waals surface area contributed by atoms with Crippen LogP contribution in [-0.4, -0.2) is 50.2 Å². The number of rotatable bonds is 5. The van der Waals surface area contributed by atoms with E-state index in [2.05, 4.69) is 5.32 Å². The fourth-order valence-corrected chi connectivity index (χ4v) is 10.0. The van der Waals surface area contributed by atoms with Gasteiger partial charge >= 0.3 is 10.2 Å². The maximum atomic E-state index is 13.5. The number of nitrogens with zero attached hydrogens (tertiary/aromatic N) is 2. The molecule has 2 amide bonds. The van der Waals surface area contributed by atoms with Gasteiger partial charge in [-0.1, -0.05) is 30.1 Å². The second kappa shape index (κ2) is 8.78. The summed E-state index contributed by atoms with van der Waals surface area (Å²) in [7, 11) is -4.01. The lowest BCUT2D eigenvalue weighted by molar-refractivity contribution is -0.147. The van der Waals surface area contributed by atoms with E-state index in [1.54, 1.807) is 12.1 Å². The Balaban J connectivity index is 1.32. The number of anilines is 1. The average molecular weight is 544 g/mol. The van der Waals surface area contributed by atoms with E-state index < -0.39 is 15.6 Å². The summed E-state index contributed by atoms with van der Waals surface area (Å²) >= 11 is 12.8. The van der Waals surface area contributed by atoms with Crippen LogP contribution >= 0.6 is 23.2 Å². The summed E-state index contributed by atoms with van der Waals surface area (Å²) in [6, 6.07) is 3.31. The molecular weight excluding hydrogens is 511 g/mol. The minimum absolute atomic E-state index is 0.0311. The molecule has 4 aliphatic carbocycles. The first-order valence-electron chi connectivity index (χ1n) is 12.2. The zero-order valence-electron chi connectivity index (χ0n) is 20.0. The maximum absolute atomic E-state index is 13.5. The molecule has 0 aromatic heterocycles. The largest absolute Gasteiger partial charge is 0.369 e. The minimum atomic E-state index is -4.01. The predicted molar refractivity (Wildman–Crippen MR) is 135 cm³/mol. The fraction of sp³-hybridized carbons (Fsp3) is 0.667. The van der Waals surface area contributed by atoms with E-state index >= 15 is 0 Å². The second-order valence-electron chi connectivity index (χ2n) is 11.2. The molecule has 3 atom stereocenters. The lowest BCUT2D eigenvalue weighted by Crippen LogP contribution is -2.63. The first-order chi connectivity index (χ1) is 16.4. The van der Waals surface area contributed by atoms with Gasteiger partial charge in [-0.05, 0) is 80.4 Å². The van der Waals surface area contributed by atoms with Crippen molar-refractivity contribution in [2.45, 2.75) is 52.0 Å². The fourth-order valence-electron chi connectivity index (χ4n) is 7.25. The van der Waals surface area contributed by atoms with Crippen LogP contribution in [0.5, 0.6) is 0 Å². The highest BCUT2D eigenvalue weighted by molar-refractivity contribution is 7.90. The van der Waals surface area contributed by atoms with Crippen LogP contribution in [0.3, 0.4) is 0 Å². The van der Waals surface area contributed by atoms with E-state index in [-0.39, 0.29) is 71.0 Å². The van der Waals surface area contributed by atoms with Crippen molar-refractivity contribution < 1.29 is 18.0 Å². The zero-order chi connectivity index (χ0) is 25.3. The molecule has 1 heterocycles. The molecule has 4 bridgehead atoms. The smallest absolute Gasteiger partial charge is 0.304 e. The maximum Gasteiger partial charge on any atom is 0.304 e. The number of hydrogen-bond acceptors (Lipinski definition) is 4. The Morgan fingerprint density at radius 3 is 2.29 bits per heavy atom. The molecule has 8 nitrogen and oxygen atoms in total. The Hall–Kier alpha value is -1.55. The lowest BCUT2D eigenvalue weighted by Gasteiger charge is -2.58. The molecular formula is C24H32Cl2N4O4S. The van der Waals surface area contributed by atoms with Crippen molar-refractivity contribution in [1.29, 1.82) is 0 Å². The molecule has 1 aromatic carbocycles. The predicted octanol–water partition coefficient (Wildman–Crippen LogP) is 3.10. The number of primary amides is 1. The van der Waals surface area contributed by atoms with Crippen molar-refractivity contribution in [2.24, 2.45) is 34.8 Å². The highest BCUT2D eigenvalue weighted by Crippen LogP contribution is 2.59. The molecule has 6 rings (SSSR count). The Kier molecular flexibility index (Phi) is 6.30.